The van der Waals surface area contributed by atoms with Gasteiger partial charge in [-0.15, -0.1) is 12.4 Å². The normalized spacial score (nSPS) is 17.5. The fourth-order valence-electron chi connectivity index (χ4n) is 1.81. The lowest BCUT2D eigenvalue weighted by molar-refractivity contribution is 0.0580. The van der Waals surface area contributed by atoms with E-state index in [9.17, 15) is 9.59 Å². The van der Waals surface area contributed by atoms with Gasteiger partial charge in [0.1, 0.15) is 0 Å². The molecule has 1 aliphatic heterocycles. The molecule has 1 aromatic rings. The van der Waals surface area contributed by atoms with Gasteiger partial charge >= 0.3 is 0 Å². The van der Waals surface area contributed by atoms with Gasteiger partial charge in [0.2, 0.25) is 0 Å². The minimum absolute atomic E-state index is 0. The molecule has 0 bridgehead atoms. The highest BCUT2D eigenvalue weighted by Gasteiger charge is 2.38. The van der Waals surface area contributed by atoms with E-state index >= 15 is 0 Å². The van der Waals surface area contributed by atoms with Crippen LogP contribution >= 0.6 is 12.4 Å². The number of carbonyl (C=O) groups excluding carboxylic acids is 2. The number of fused-ring (bicyclic) bond motifs is 1. The van der Waals surface area contributed by atoms with Crippen LogP contribution in [0.5, 0.6) is 0 Å². The summed E-state index contributed by atoms with van der Waals surface area (Å²) in [5.41, 5.74) is 6.67. The maximum absolute atomic E-state index is 12.0. The molecule has 2 N–H and O–H groups in total. The van der Waals surface area contributed by atoms with Gasteiger partial charge in [-0.05, 0) is 26.0 Å². The maximum Gasteiger partial charge on any atom is 0.261 e. The SMILES string of the molecule is CC(N)[C@H](C)N1C(=O)c2ccccc2C1=O.Cl. The lowest BCUT2D eigenvalue weighted by Crippen LogP contribution is -2.47. The second-order valence-electron chi connectivity index (χ2n) is 4.13. The molecule has 2 amide bonds. The van der Waals surface area contributed by atoms with Gasteiger partial charge in [0.25, 0.3) is 11.8 Å². The molecule has 0 radical (unpaired) electrons. The molecule has 0 spiro atoms. The van der Waals surface area contributed by atoms with Gasteiger partial charge in [-0.3, -0.25) is 14.5 Å². The number of hydrogen-bond acceptors (Lipinski definition) is 3. The monoisotopic (exact) mass is 254 g/mol. The minimum atomic E-state index is -0.285. The molecule has 0 aliphatic carbocycles. The molecule has 17 heavy (non-hydrogen) atoms. The molecule has 1 aliphatic rings. The van der Waals surface area contributed by atoms with Crippen molar-refractivity contribution in [3.63, 3.8) is 0 Å². The third-order valence-corrected chi connectivity index (χ3v) is 2.99. The van der Waals surface area contributed by atoms with E-state index in [0.717, 1.165) is 0 Å². The number of imide groups is 1. The zero-order chi connectivity index (χ0) is 11.9. The van der Waals surface area contributed by atoms with Crippen molar-refractivity contribution in [1.82, 2.24) is 4.90 Å². The molecule has 5 heteroatoms. The predicted molar refractivity (Wildman–Crippen MR) is 67.3 cm³/mol. The lowest BCUT2D eigenvalue weighted by atomic mass is 10.1. The molecule has 1 unspecified atom stereocenters. The Labute approximate surface area is 106 Å². The molecular weight excluding hydrogens is 240 g/mol. The molecule has 0 saturated carbocycles. The van der Waals surface area contributed by atoms with E-state index in [4.69, 9.17) is 5.73 Å². The highest BCUT2D eigenvalue weighted by Crippen LogP contribution is 2.24. The third kappa shape index (κ3) is 2.06. The maximum atomic E-state index is 12.0. The van der Waals surface area contributed by atoms with E-state index in [1.165, 1.54) is 4.90 Å². The number of nitrogens with two attached hydrogens (primary N) is 1. The molecule has 2 rings (SSSR count). The summed E-state index contributed by atoms with van der Waals surface area (Å²) < 4.78 is 0. The summed E-state index contributed by atoms with van der Waals surface area (Å²) in [7, 11) is 0. The summed E-state index contributed by atoms with van der Waals surface area (Å²) >= 11 is 0. The quantitative estimate of drug-likeness (QED) is 0.813. The first kappa shape index (κ1) is 13.7. The Morgan fingerprint density at radius 3 is 1.82 bits per heavy atom. The lowest BCUT2D eigenvalue weighted by Gasteiger charge is -2.25. The molecule has 4 nitrogen and oxygen atoms in total. The van der Waals surface area contributed by atoms with E-state index in [0.29, 0.717) is 11.1 Å². The van der Waals surface area contributed by atoms with Crippen molar-refractivity contribution in [3.05, 3.63) is 35.4 Å². The van der Waals surface area contributed by atoms with Crippen LogP contribution in [0.2, 0.25) is 0 Å². The molecule has 0 saturated heterocycles. The molecular formula is C12H15ClN2O2. The van der Waals surface area contributed by atoms with Crippen LogP contribution in [0.1, 0.15) is 34.6 Å². The number of halogens is 1. The highest BCUT2D eigenvalue weighted by molar-refractivity contribution is 6.21. The molecule has 1 heterocycles. The van der Waals surface area contributed by atoms with E-state index in [1.807, 2.05) is 0 Å². The van der Waals surface area contributed by atoms with Gasteiger partial charge in [0.05, 0.1) is 17.2 Å². The first-order valence-corrected chi connectivity index (χ1v) is 5.26. The predicted octanol–water partition coefficient (Wildman–Crippen LogP) is 1.44. The van der Waals surface area contributed by atoms with Gasteiger partial charge in [-0.2, -0.15) is 0 Å². The van der Waals surface area contributed by atoms with Crippen LogP contribution in [0, 0.1) is 0 Å². The van der Waals surface area contributed by atoms with E-state index < -0.39 is 0 Å². The smallest absolute Gasteiger partial charge is 0.261 e. The first-order valence-electron chi connectivity index (χ1n) is 5.26. The Balaban J connectivity index is 0.00000144. The Kier molecular flexibility index (Phi) is 3.91. The van der Waals surface area contributed by atoms with Gasteiger partial charge < -0.3 is 5.73 Å². The molecule has 2 atom stereocenters. The minimum Gasteiger partial charge on any atom is -0.326 e. The van der Waals surface area contributed by atoms with Crippen LogP contribution in [0.3, 0.4) is 0 Å². The Morgan fingerprint density at radius 1 is 1.06 bits per heavy atom. The Morgan fingerprint density at radius 2 is 1.47 bits per heavy atom. The zero-order valence-corrected chi connectivity index (χ0v) is 10.5. The van der Waals surface area contributed by atoms with Crippen molar-refractivity contribution in [3.8, 4) is 0 Å². The van der Waals surface area contributed by atoms with Crippen LogP contribution < -0.4 is 5.73 Å². The van der Waals surface area contributed by atoms with E-state index in [2.05, 4.69) is 0 Å². The van der Waals surface area contributed by atoms with Crippen molar-refractivity contribution in [2.45, 2.75) is 25.9 Å². The van der Waals surface area contributed by atoms with Gasteiger partial charge in [0.15, 0.2) is 0 Å². The number of rotatable bonds is 2. The third-order valence-electron chi connectivity index (χ3n) is 2.99. The largest absolute Gasteiger partial charge is 0.326 e. The van der Waals surface area contributed by atoms with Crippen LogP contribution in [-0.4, -0.2) is 28.8 Å². The number of carbonyl (C=O) groups is 2. The van der Waals surface area contributed by atoms with E-state index in [-0.39, 0.29) is 36.3 Å². The first-order chi connectivity index (χ1) is 7.54. The second-order valence-corrected chi connectivity index (χ2v) is 4.13. The zero-order valence-electron chi connectivity index (χ0n) is 9.71. The summed E-state index contributed by atoms with van der Waals surface area (Å²) in [6, 6.07) is 6.33. The van der Waals surface area contributed by atoms with Gasteiger partial charge in [-0.1, -0.05) is 12.1 Å². The fraction of sp³-hybridized carbons (Fsp3) is 0.333. The Hall–Kier alpha value is -1.39. The summed E-state index contributed by atoms with van der Waals surface area (Å²) in [6.07, 6.45) is 0. The van der Waals surface area contributed by atoms with Crippen LogP contribution in [0.4, 0.5) is 0 Å². The average molecular weight is 255 g/mol. The molecule has 0 aromatic heterocycles. The number of hydrogen-bond donors (Lipinski definition) is 1. The van der Waals surface area contributed by atoms with Crippen molar-refractivity contribution in [2.24, 2.45) is 5.73 Å². The summed E-state index contributed by atoms with van der Waals surface area (Å²) in [5, 5.41) is 0. The summed E-state index contributed by atoms with van der Waals surface area (Å²) in [5.74, 6) is -0.490. The highest BCUT2D eigenvalue weighted by atomic mass is 35.5. The average Bonchev–Trinajstić information content (AvgIpc) is 2.52. The summed E-state index contributed by atoms with van der Waals surface area (Å²) in [6.45, 7) is 3.57. The van der Waals surface area contributed by atoms with Crippen molar-refractivity contribution in [1.29, 1.82) is 0 Å². The standard InChI is InChI=1S/C12H14N2O2.ClH/c1-7(13)8(2)14-11(15)9-5-3-4-6-10(9)12(14)16;/h3-8H,13H2,1-2H3;1H/t7?,8-;/m0./s1. The summed E-state index contributed by atoms with van der Waals surface area (Å²) in [4.78, 5) is 25.3. The number of benzene rings is 1. The topological polar surface area (TPSA) is 63.4 Å². The van der Waals surface area contributed by atoms with Gasteiger partial charge in [0, 0.05) is 6.04 Å². The van der Waals surface area contributed by atoms with Crippen molar-refractivity contribution >= 4 is 24.2 Å². The molecule has 92 valence electrons. The van der Waals surface area contributed by atoms with Crippen molar-refractivity contribution in [2.75, 3.05) is 0 Å². The van der Waals surface area contributed by atoms with Crippen LogP contribution in [0.15, 0.2) is 24.3 Å². The number of amides is 2. The van der Waals surface area contributed by atoms with Crippen LogP contribution in [0.25, 0.3) is 0 Å². The molecule has 0 fully saturated rings. The second kappa shape index (κ2) is 4.85. The van der Waals surface area contributed by atoms with Crippen molar-refractivity contribution < 1.29 is 9.59 Å². The number of nitrogens with zero attached hydrogens (tertiary/aromatic N) is 1. The van der Waals surface area contributed by atoms with Gasteiger partial charge in [-0.25, -0.2) is 0 Å². The Bertz CT molecular complexity index is 425. The molecule has 1 aromatic carbocycles. The van der Waals surface area contributed by atoms with Crippen LogP contribution in [-0.2, 0) is 0 Å². The van der Waals surface area contributed by atoms with E-state index in [1.54, 1.807) is 38.1 Å². The fourth-order valence-corrected chi connectivity index (χ4v) is 1.81.